The SMILES string of the molecule is CCC(C)(C)OC(=O)c1ccc(OCCCC(F)(F)F)cc1. The van der Waals surface area contributed by atoms with Crippen LogP contribution in [0, 0.1) is 0 Å². The van der Waals surface area contributed by atoms with Crippen molar-refractivity contribution in [2.24, 2.45) is 0 Å². The fourth-order valence-corrected chi connectivity index (χ4v) is 1.53. The summed E-state index contributed by atoms with van der Waals surface area (Å²) >= 11 is 0. The smallest absolute Gasteiger partial charge is 0.389 e. The summed E-state index contributed by atoms with van der Waals surface area (Å²) in [6.45, 7) is 5.55. The summed E-state index contributed by atoms with van der Waals surface area (Å²) in [4.78, 5) is 11.9. The first-order valence-corrected chi connectivity index (χ1v) is 7.16. The Morgan fingerprint density at radius 1 is 1.14 bits per heavy atom. The van der Waals surface area contributed by atoms with Gasteiger partial charge >= 0.3 is 12.1 Å². The van der Waals surface area contributed by atoms with Crippen molar-refractivity contribution in [3.05, 3.63) is 29.8 Å². The molecule has 0 bridgehead atoms. The Hall–Kier alpha value is -1.72. The lowest BCUT2D eigenvalue weighted by molar-refractivity contribution is -0.136. The van der Waals surface area contributed by atoms with E-state index in [4.69, 9.17) is 9.47 Å². The van der Waals surface area contributed by atoms with Crippen LogP contribution in [0.4, 0.5) is 13.2 Å². The van der Waals surface area contributed by atoms with E-state index >= 15 is 0 Å². The molecule has 0 saturated carbocycles. The van der Waals surface area contributed by atoms with Crippen LogP contribution in [0.2, 0.25) is 0 Å². The molecule has 0 aliphatic heterocycles. The Morgan fingerprint density at radius 2 is 1.73 bits per heavy atom. The maximum absolute atomic E-state index is 12.0. The summed E-state index contributed by atoms with van der Waals surface area (Å²) in [6, 6.07) is 6.16. The standard InChI is InChI=1S/C16H21F3O3/c1-4-15(2,3)22-14(20)12-6-8-13(9-7-12)21-11-5-10-16(17,18)19/h6-9H,4-5,10-11H2,1-3H3. The predicted octanol–water partition coefficient (Wildman–Crippen LogP) is 4.75. The summed E-state index contributed by atoms with van der Waals surface area (Å²) in [5.74, 6) is -0.0102. The number of rotatable bonds is 7. The van der Waals surface area contributed by atoms with E-state index < -0.39 is 24.2 Å². The molecule has 1 aromatic carbocycles. The largest absolute Gasteiger partial charge is 0.494 e. The Balaban J connectivity index is 2.48. The molecule has 0 heterocycles. The van der Waals surface area contributed by atoms with E-state index in [0.717, 1.165) is 0 Å². The summed E-state index contributed by atoms with van der Waals surface area (Å²) in [5, 5.41) is 0. The van der Waals surface area contributed by atoms with E-state index in [2.05, 4.69) is 0 Å². The molecule has 0 aliphatic carbocycles. The average molecular weight is 318 g/mol. The molecule has 0 aliphatic rings. The van der Waals surface area contributed by atoms with Crippen LogP contribution in [-0.2, 0) is 4.74 Å². The highest BCUT2D eigenvalue weighted by atomic mass is 19.4. The minimum atomic E-state index is -4.16. The lowest BCUT2D eigenvalue weighted by Crippen LogP contribution is -2.27. The van der Waals surface area contributed by atoms with Crippen molar-refractivity contribution in [3.8, 4) is 5.75 Å². The fraction of sp³-hybridized carbons (Fsp3) is 0.562. The van der Waals surface area contributed by atoms with Gasteiger partial charge in [-0.15, -0.1) is 0 Å². The summed E-state index contributed by atoms with van der Waals surface area (Å²) in [7, 11) is 0. The Kier molecular flexibility index (Phi) is 6.26. The van der Waals surface area contributed by atoms with Gasteiger partial charge in [-0.3, -0.25) is 0 Å². The van der Waals surface area contributed by atoms with Gasteiger partial charge in [0.15, 0.2) is 0 Å². The quantitative estimate of drug-likeness (QED) is 0.537. The van der Waals surface area contributed by atoms with Gasteiger partial charge in [0.1, 0.15) is 11.4 Å². The lowest BCUT2D eigenvalue weighted by Gasteiger charge is -2.23. The molecule has 1 aromatic rings. The van der Waals surface area contributed by atoms with E-state index in [0.29, 0.717) is 17.7 Å². The molecule has 0 spiro atoms. The van der Waals surface area contributed by atoms with Crippen molar-refractivity contribution in [1.82, 2.24) is 0 Å². The molecule has 0 N–H and O–H groups in total. The molecule has 0 aromatic heterocycles. The molecule has 0 unspecified atom stereocenters. The molecule has 3 nitrogen and oxygen atoms in total. The molecule has 0 radical (unpaired) electrons. The number of carbonyl (C=O) groups excluding carboxylic acids is 1. The molecule has 0 fully saturated rings. The zero-order chi connectivity index (χ0) is 16.8. The number of hydrogen-bond acceptors (Lipinski definition) is 3. The van der Waals surface area contributed by atoms with Gasteiger partial charge in [0.05, 0.1) is 12.2 Å². The normalized spacial score (nSPS) is 12.1. The number of alkyl halides is 3. The predicted molar refractivity (Wildman–Crippen MR) is 77.0 cm³/mol. The maximum atomic E-state index is 12.0. The summed E-state index contributed by atoms with van der Waals surface area (Å²) in [5.41, 5.74) is -0.159. The molecular formula is C16H21F3O3. The summed E-state index contributed by atoms with van der Waals surface area (Å²) < 4.78 is 46.5. The van der Waals surface area contributed by atoms with Gasteiger partial charge in [-0.1, -0.05) is 6.92 Å². The first-order valence-electron chi connectivity index (χ1n) is 7.16. The van der Waals surface area contributed by atoms with Crippen molar-refractivity contribution in [3.63, 3.8) is 0 Å². The number of ether oxygens (including phenoxy) is 2. The van der Waals surface area contributed by atoms with Gasteiger partial charge in [-0.05, 0) is 51.0 Å². The van der Waals surface area contributed by atoms with Gasteiger partial charge in [0, 0.05) is 6.42 Å². The fourth-order valence-electron chi connectivity index (χ4n) is 1.53. The molecule has 22 heavy (non-hydrogen) atoms. The second-order valence-corrected chi connectivity index (χ2v) is 5.59. The first kappa shape index (κ1) is 18.3. The van der Waals surface area contributed by atoms with E-state index in [-0.39, 0.29) is 13.0 Å². The molecule has 1 rings (SSSR count). The zero-order valence-corrected chi connectivity index (χ0v) is 13.0. The minimum Gasteiger partial charge on any atom is -0.494 e. The van der Waals surface area contributed by atoms with Crippen LogP contribution in [0.15, 0.2) is 24.3 Å². The van der Waals surface area contributed by atoms with Gasteiger partial charge in [-0.2, -0.15) is 13.2 Å². The third-order valence-electron chi connectivity index (χ3n) is 3.18. The molecular weight excluding hydrogens is 297 g/mol. The molecule has 0 atom stereocenters. The van der Waals surface area contributed by atoms with Crippen molar-refractivity contribution in [2.45, 2.75) is 51.8 Å². The van der Waals surface area contributed by atoms with Gasteiger partial charge < -0.3 is 9.47 Å². The number of carbonyl (C=O) groups is 1. The van der Waals surface area contributed by atoms with E-state index in [1.807, 2.05) is 20.8 Å². The second kappa shape index (κ2) is 7.51. The van der Waals surface area contributed by atoms with Crippen molar-refractivity contribution < 1.29 is 27.4 Å². The van der Waals surface area contributed by atoms with E-state index in [1.165, 1.54) is 12.1 Å². The zero-order valence-electron chi connectivity index (χ0n) is 13.0. The second-order valence-electron chi connectivity index (χ2n) is 5.59. The van der Waals surface area contributed by atoms with Crippen molar-refractivity contribution >= 4 is 5.97 Å². The highest BCUT2D eigenvalue weighted by Gasteiger charge is 2.26. The van der Waals surface area contributed by atoms with Crippen LogP contribution in [-0.4, -0.2) is 24.4 Å². The first-order chi connectivity index (χ1) is 10.1. The van der Waals surface area contributed by atoms with E-state index in [9.17, 15) is 18.0 Å². The highest BCUT2D eigenvalue weighted by Crippen LogP contribution is 2.22. The molecule has 6 heteroatoms. The van der Waals surface area contributed by atoms with Crippen LogP contribution in [0.25, 0.3) is 0 Å². The van der Waals surface area contributed by atoms with Crippen LogP contribution < -0.4 is 4.74 Å². The van der Waals surface area contributed by atoms with Gasteiger partial charge in [0.2, 0.25) is 0 Å². The Morgan fingerprint density at radius 3 is 2.23 bits per heavy atom. The lowest BCUT2D eigenvalue weighted by atomic mass is 10.1. The number of hydrogen-bond donors (Lipinski definition) is 0. The molecule has 0 saturated heterocycles. The third-order valence-corrected chi connectivity index (χ3v) is 3.18. The van der Waals surface area contributed by atoms with E-state index in [1.54, 1.807) is 12.1 Å². The van der Waals surface area contributed by atoms with Gasteiger partial charge in [-0.25, -0.2) is 4.79 Å². The monoisotopic (exact) mass is 318 g/mol. The van der Waals surface area contributed by atoms with Crippen LogP contribution in [0.1, 0.15) is 50.4 Å². The number of halogens is 3. The minimum absolute atomic E-state index is 0.0217. The summed E-state index contributed by atoms with van der Waals surface area (Å²) in [6.07, 6.45) is -4.44. The molecule has 0 amide bonds. The number of benzene rings is 1. The van der Waals surface area contributed by atoms with Gasteiger partial charge in [0.25, 0.3) is 0 Å². The maximum Gasteiger partial charge on any atom is 0.389 e. The average Bonchev–Trinajstić information content (AvgIpc) is 2.43. The Bertz CT molecular complexity index is 478. The molecule has 124 valence electrons. The van der Waals surface area contributed by atoms with Crippen molar-refractivity contribution in [1.29, 1.82) is 0 Å². The number of esters is 1. The highest BCUT2D eigenvalue weighted by molar-refractivity contribution is 5.89. The van der Waals surface area contributed by atoms with Crippen LogP contribution in [0.5, 0.6) is 5.75 Å². The van der Waals surface area contributed by atoms with Crippen LogP contribution >= 0.6 is 0 Å². The third kappa shape index (κ3) is 6.83. The topological polar surface area (TPSA) is 35.5 Å². The Labute approximate surface area is 128 Å². The van der Waals surface area contributed by atoms with Crippen molar-refractivity contribution in [2.75, 3.05) is 6.61 Å². The van der Waals surface area contributed by atoms with Crippen LogP contribution in [0.3, 0.4) is 0 Å².